The molecule has 0 bridgehead atoms. The molecule has 0 amide bonds. The van der Waals surface area contributed by atoms with Crippen LogP contribution in [0.2, 0.25) is 0 Å². The zero-order chi connectivity index (χ0) is 12.1. The quantitative estimate of drug-likeness (QED) is 0.797. The Morgan fingerprint density at radius 1 is 1.24 bits per heavy atom. The summed E-state index contributed by atoms with van der Waals surface area (Å²) in [6, 6.07) is 5.29. The van der Waals surface area contributed by atoms with Gasteiger partial charge in [-0.25, -0.2) is 4.39 Å². The van der Waals surface area contributed by atoms with Crippen LogP contribution in [0.25, 0.3) is 0 Å². The predicted molar refractivity (Wildman–Crippen MR) is 66.7 cm³/mol. The van der Waals surface area contributed by atoms with Crippen LogP contribution in [0.4, 0.5) is 4.39 Å². The van der Waals surface area contributed by atoms with E-state index in [2.05, 4.69) is 11.0 Å². The molecule has 0 atom stereocenters. The summed E-state index contributed by atoms with van der Waals surface area (Å²) in [5.41, 5.74) is 2.11. The molecule has 1 aromatic carbocycles. The van der Waals surface area contributed by atoms with Gasteiger partial charge in [-0.2, -0.15) is 0 Å². The van der Waals surface area contributed by atoms with Gasteiger partial charge in [0, 0.05) is 13.1 Å². The van der Waals surface area contributed by atoms with Crippen molar-refractivity contribution < 1.29 is 9.13 Å². The van der Waals surface area contributed by atoms with Gasteiger partial charge in [-0.1, -0.05) is 6.07 Å². The first-order valence-corrected chi connectivity index (χ1v) is 6.30. The summed E-state index contributed by atoms with van der Waals surface area (Å²) in [7, 11) is 0. The van der Waals surface area contributed by atoms with Crippen LogP contribution in [0, 0.1) is 12.7 Å². The van der Waals surface area contributed by atoms with Crippen LogP contribution in [0.15, 0.2) is 18.2 Å². The predicted octanol–water partition coefficient (Wildman–Crippen LogP) is 2.40. The second-order valence-corrected chi connectivity index (χ2v) is 4.69. The molecule has 1 aromatic rings. The molecule has 0 spiro atoms. The molecule has 1 saturated heterocycles. The van der Waals surface area contributed by atoms with E-state index in [9.17, 15) is 4.39 Å². The molecule has 0 saturated carbocycles. The Morgan fingerprint density at radius 2 is 2.00 bits per heavy atom. The number of aryl methyl sites for hydroxylation is 2. The van der Waals surface area contributed by atoms with Crippen LogP contribution in [-0.2, 0) is 11.2 Å². The lowest BCUT2D eigenvalue weighted by atomic mass is 10.1. The third-order valence-corrected chi connectivity index (χ3v) is 3.15. The van der Waals surface area contributed by atoms with Gasteiger partial charge in [0.15, 0.2) is 0 Å². The zero-order valence-corrected chi connectivity index (χ0v) is 10.4. The summed E-state index contributed by atoms with van der Waals surface area (Å²) >= 11 is 0. The van der Waals surface area contributed by atoms with Crippen LogP contribution in [0.3, 0.4) is 0 Å². The lowest BCUT2D eigenvalue weighted by Gasteiger charge is -2.26. The fourth-order valence-electron chi connectivity index (χ4n) is 2.29. The summed E-state index contributed by atoms with van der Waals surface area (Å²) in [6.07, 6.45) is 2.04. The first kappa shape index (κ1) is 12.5. The van der Waals surface area contributed by atoms with E-state index < -0.39 is 0 Å². The standard InChI is InChI=1S/C14H20FNO/c1-12-9-13(11-14(15)10-12)3-2-4-16-5-7-17-8-6-16/h9-11H,2-8H2,1H3. The third kappa shape index (κ3) is 4.10. The lowest BCUT2D eigenvalue weighted by molar-refractivity contribution is 0.0374. The molecule has 1 aliphatic heterocycles. The van der Waals surface area contributed by atoms with E-state index in [0.29, 0.717) is 0 Å². The Hall–Kier alpha value is -0.930. The Balaban J connectivity index is 1.77. The summed E-state index contributed by atoms with van der Waals surface area (Å²) in [5, 5.41) is 0. The molecule has 1 aliphatic rings. The number of nitrogens with zero attached hydrogens (tertiary/aromatic N) is 1. The molecular formula is C14H20FNO. The van der Waals surface area contributed by atoms with E-state index in [1.165, 1.54) is 0 Å². The van der Waals surface area contributed by atoms with Crippen molar-refractivity contribution in [3.63, 3.8) is 0 Å². The largest absolute Gasteiger partial charge is 0.379 e. The molecule has 0 radical (unpaired) electrons. The molecular weight excluding hydrogens is 217 g/mol. The van der Waals surface area contributed by atoms with E-state index in [1.807, 2.05) is 6.92 Å². The number of benzene rings is 1. The number of hydrogen-bond acceptors (Lipinski definition) is 2. The van der Waals surface area contributed by atoms with E-state index in [0.717, 1.165) is 56.8 Å². The number of ether oxygens (including phenoxy) is 1. The van der Waals surface area contributed by atoms with Gasteiger partial charge in [-0.05, 0) is 49.6 Å². The number of hydrogen-bond donors (Lipinski definition) is 0. The molecule has 2 rings (SSSR count). The fourth-order valence-corrected chi connectivity index (χ4v) is 2.29. The minimum atomic E-state index is -0.119. The average Bonchev–Trinajstić information content (AvgIpc) is 2.29. The van der Waals surface area contributed by atoms with Gasteiger partial charge >= 0.3 is 0 Å². The zero-order valence-electron chi connectivity index (χ0n) is 10.4. The topological polar surface area (TPSA) is 12.5 Å². The first-order valence-electron chi connectivity index (χ1n) is 6.30. The lowest BCUT2D eigenvalue weighted by Crippen LogP contribution is -2.36. The minimum Gasteiger partial charge on any atom is -0.379 e. The van der Waals surface area contributed by atoms with Gasteiger partial charge in [-0.3, -0.25) is 4.90 Å². The maximum atomic E-state index is 13.2. The SMILES string of the molecule is Cc1cc(F)cc(CCCN2CCOCC2)c1. The van der Waals surface area contributed by atoms with E-state index >= 15 is 0 Å². The van der Waals surface area contributed by atoms with E-state index in [-0.39, 0.29) is 5.82 Å². The van der Waals surface area contributed by atoms with Crippen LogP contribution in [0.1, 0.15) is 17.5 Å². The van der Waals surface area contributed by atoms with Crippen LogP contribution < -0.4 is 0 Å². The van der Waals surface area contributed by atoms with Crippen LogP contribution in [-0.4, -0.2) is 37.7 Å². The second kappa shape index (κ2) is 6.12. The van der Waals surface area contributed by atoms with Crippen molar-refractivity contribution in [3.8, 4) is 0 Å². The van der Waals surface area contributed by atoms with Gasteiger partial charge in [0.05, 0.1) is 13.2 Å². The Labute approximate surface area is 102 Å². The van der Waals surface area contributed by atoms with Crippen molar-refractivity contribution in [3.05, 3.63) is 35.1 Å². The number of rotatable bonds is 4. The molecule has 1 fully saturated rings. The van der Waals surface area contributed by atoms with Gasteiger partial charge in [-0.15, -0.1) is 0 Å². The van der Waals surface area contributed by atoms with Gasteiger partial charge < -0.3 is 4.74 Å². The van der Waals surface area contributed by atoms with Crippen molar-refractivity contribution in [2.24, 2.45) is 0 Å². The highest BCUT2D eigenvalue weighted by Gasteiger charge is 2.09. The van der Waals surface area contributed by atoms with E-state index in [4.69, 9.17) is 4.74 Å². The van der Waals surface area contributed by atoms with Crippen molar-refractivity contribution >= 4 is 0 Å². The Kier molecular flexibility index (Phi) is 4.51. The van der Waals surface area contributed by atoms with Crippen LogP contribution >= 0.6 is 0 Å². The maximum absolute atomic E-state index is 13.2. The second-order valence-electron chi connectivity index (χ2n) is 4.69. The first-order chi connectivity index (χ1) is 8.24. The van der Waals surface area contributed by atoms with Gasteiger partial charge in [0.2, 0.25) is 0 Å². The number of morpholine rings is 1. The molecule has 17 heavy (non-hydrogen) atoms. The smallest absolute Gasteiger partial charge is 0.123 e. The van der Waals surface area contributed by atoms with Crippen LogP contribution in [0.5, 0.6) is 0 Å². The van der Waals surface area contributed by atoms with Gasteiger partial charge in [0.25, 0.3) is 0 Å². The Morgan fingerprint density at radius 3 is 2.71 bits per heavy atom. The Bertz CT molecular complexity index is 341. The van der Waals surface area contributed by atoms with Crippen molar-refractivity contribution in [1.82, 2.24) is 4.90 Å². The van der Waals surface area contributed by atoms with Crippen molar-refractivity contribution in [1.29, 1.82) is 0 Å². The summed E-state index contributed by atoms with van der Waals surface area (Å²) in [6.45, 7) is 6.77. The van der Waals surface area contributed by atoms with Crippen molar-refractivity contribution in [2.75, 3.05) is 32.8 Å². The molecule has 0 aliphatic carbocycles. The maximum Gasteiger partial charge on any atom is 0.123 e. The monoisotopic (exact) mass is 237 g/mol. The average molecular weight is 237 g/mol. The highest BCUT2D eigenvalue weighted by Crippen LogP contribution is 2.11. The minimum absolute atomic E-state index is 0.119. The molecule has 1 heterocycles. The fraction of sp³-hybridized carbons (Fsp3) is 0.571. The molecule has 3 heteroatoms. The highest BCUT2D eigenvalue weighted by molar-refractivity contribution is 5.23. The normalized spacial score (nSPS) is 17.3. The summed E-state index contributed by atoms with van der Waals surface area (Å²) in [4.78, 5) is 2.41. The molecule has 0 aromatic heterocycles. The van der Waals surface area contributed by atoms with E-state index in [1.54, 1.807) is 12.1 Å². The summed E-state index contributed by atoms with van der Waals surface area (Å²) < 4.78 is 18.5. The number of halogens is 1. The molecule has 0 N–H and O–H groups in total. The molecule has 94 valence electrons. The third-order valence-electron chi connectivity index (χ3n) is 3.15. The van der Waals surface area contributed by atoms with Gasteiger partial charge in [0.1, 0.15) is 5.82 Å². The molecule has 0 unspecified atom stereocenters. The highest BCUT2D eigenvalue weighted by atomic mass is 19.1. The summed E-state index contributed by atoms with van der Waals surface area (Å²) in [5.74, 6) is -0.119. The van der Waals surface area contributed by atoms with Crippen molar-refractivity contribution in [2.45, 2.75) is 19.8 Å². The molecule has 2 nitrogen and oxygen atoms in total.